The van der Waals surface area contributed by atoms with Crippen LogP contribution in [0.5, 0.6) is 0 Å². The molecule has 1 aromatic heterocycles. The van der Waals surface area contributed by atoms with Crippen LogP contribution in [0.25, 0.3) is 11.8 Å². The Kier molecular flexibility index (Phi) is 5.65. The Hall–Kier alpha value is -2.93. The van der Waals surface area contributed by atoms with E-state index in [1.807, 2.05) is 30.3 Å². The number of amides is 1. The van der Waals surface area contributed by atoms with Crippen LogP contribution in [0.2, 0.25) is 0 Å². The van der Waals surface area contributed by atoms with E-state index in [4.69, 9.17) is 5.11 Å². The van der Waals surface area contributed by atoms with Crippen molar-refractivity contribution in [3.05, 3.63) is 54.4 Å². The molecule has 0 saturated heterocycles. The number of ether oxygens (including phenoxy) is 1. The Labute approximate surface area is 133 Å². The van der Waals surface area contributed by atoms with Crippen LogP contribution in [0.3, 0.4) is 0 Å². The van der Waals surface area contributed by atoms with Crippen LogP contribution < -0.4 is 5.32 Å². The number of esters is 1. The maximum absolute atomic E-state index is 11.7. The first-order valence-corrected chi connectivity index (χ1v) is 6.91. The van der Waals surface area contributed by atoms with Crippen molar-refractivity contribution in [1.29, 1.82) is 0 Å². The zero-order chi connectivity index (χ0) is 16.7. The van der Waals surface area contributed by atoms with Crippen LogP contribution in [0, 0.1) is 0 Å². The summed E-state index contributed by atoms with van der Waals surface area (Å²) in [6.07, 6.45) is 6.20. The van der Waals surface area contributed by atoms with E-state index in [9.17, 15) is 9.59 Å². The fourth-order valence-corrected chi connectivity index (χ4v) is 1.86. The number of aliphatic hydroxyl groups is 1. The molecule has 0 radical (unpaired) electrons. The maximum Gasteiger partial charge on any atom is 0.330 e. The molecule has 7 heteroatoms. The third-order valence-electron chi connectivity index (χ3n) is 3.04. The van der Waals surface area contributed by atoms with Gasteiger partial charge in [0.1, 0.15) is 0 Å². The lowest BCUT2D eigenvalue weighted by Gasteiger charge is -2.11. The van der Waals surface area contributed by atoms with Gasteiger partial charge in [0.15, 0.2) is 6.04 Å². The number of hydrogen-bond acceptors (Lipinski definition) is 5. The number of carbonyl (C=O) groups is 2. The van der Waals surface area contributed by atoms with Gasteiger partial charge in [-0.1, -0.05) is 18.2 Å². The summed E-state index contributed by atoms with van der Waals surface area (Å²) in [6.45, 7) is -0.530. The summed E-state index contributed by atoms with van der Waals surface area (Å²) in [5, 5.41) is 15.6. The average molecular weight is 315 g/mol. The Morgan fingerprint density at radius 1 is 1.39 bits per heavy atom. The molecule has 0 bridgehead atoms. The molecule has 0 aliphatic heterocycles. The number of aromatic nitrogens is 2. The molecule has 1 atom stereocenters. The topological polar surface area (TPSA) is 93.4 Å². The molecule has 7 nitrogen and oxygen atoms in total. The molecule has 0 aliphatic rings. The second kappa shape index (κ2) is 7.90. The summed E-state index contributed by atoms with van der Waals surface area (Å²) in [5.74, 6) is -1.21. The highest BCUT2D eigenvalue weighted by Crippen LogP contribution is 2.08. The molecule has 0 unspecified atom stereocenters. The van der Waals surface area contributed by atoms with Crippen LogP contribution in [0.15, 0.2) is 48.8 Å². The van der Waals surface area contributed by atoms with Crippen molar-refractivity contribution in [1.82, 2.24) is 15.1 Å². The van der Waals surface area contributed by atoms with Crippen molar-refractivity contribution >= 4 is 18.0 Å². The first kappa shape index (κ1) is 16.4. The number of para-hydroxylation sites is 1. The second-order valence-corrected chi connectivity index (χ2v) is 4.65. The van der Waals surface area contributed by atoms with E-state index in [0.29, 0.717) is 0 Å². The van der Waals surface area contributed by atoms with E-state index in [1.165, 1.54) is 13.2 Å². The second-order valence-electron chi connectivity index (χ2n) is 4.65. The van der Waals surface area contributed by atoms with Gasteiger partial charge in [0.2, 0.25) is 5.91 Å². The lowest BCUT2D eigenvalue weighted by Crippen LogP contribution is -2.43. The van der Waals surface area contributed by atoms with Gasteiger partial charge in [-0.25, -0.2) is 9.48 Å². The summed E-state index contributed by atoms with van der Waals surface area (Å²) in [7, 11) is 1.19. The predicted octanol–water partition coefficient (Wildman–Crippen LogP) is 0.536. The predicted molar refractivity (Wildman–Crippen MR) is 83.6 cm³/mol. The number of nitrogens with zero attached hydrogens (tertiary/aromatic N) is 2. The molecule has 120 valence electrons. The molecular formula is C16H17N3O4. The van der Waals surface area contributed by atoms with Gasteiger partial charge < -0.3 is 15.2 Å². The van der Waals surface area contributed by atoms with Crippen LogP contribution in [0.1, 0.15) is 5.56 Å². The van der Waals surface area contributed by atoms with E-state index in [2.05, 4.69) is 15.2 Å². The Morgan fingerprint density at radius 2 is 2.13 bits per heavy atom. The summed E-state index contributed by atoms with van der Waals surface area (Å²) in [6, 6.07) is 8.47. The minimum Gasteiger partial charge on any atom is -0.467 e. The standard InChI is InChI=1S/C16H17N3O4/c1-23-16(22)14(11-20)18-15(21)8-7-12-9-17-19(10-12)13-5-3-2-4-6-13/h2-10,14,20H,11H2,1H3,(H,18,21)/b8-7+/t14-/m1/s1. The highest BCUT2D eigenvalue weighted by Gasteiger charge is 2.19. The Morgan fingerprint density at radius 3 is 2.78 bits per heavy atom. The van der Waals surface area contributed by atoms with E-state index in [-0.39, 0.29) is 0 Å². The zero-order valence-electron chi connectivity index (χ0n) is 12.5. The fraction of sp³-hybridized carbons (Fsp3) is 0.188. The highest BCUT2D eigenvalue weighted by molar-refractivity contribution is 5.94. The van der Waals surface area contributed by atoms with Crippen molar-refractivity contribution < 1.29 is 19.4 Å². The molecule has 0 saturated carbocycles. The van der Waals surface area contributed by atoms with E-state index in [1.54, 1.807) is 23.2 Å². The summed E-state index contributed by atoms with van der Waals surface area (Å²) < 4.78 is 6.15. The SMILES string of the molecule is COC(=O)[C@@H](CO)NC(=O)/C=C/c1cnn(-c2ccccc2)c1. The molecule has 1 aromatic carbocycles. The molecular weight excluding hydrogens is 298 g/mol. The van der Waals surface area contributed by atoms with Crippen molar-refractivity contribution in [3.63, 3.8) is 0 Å². The minimum absolute atomic E-state index is 0.512. The van der Waals surface area contributed by atoms with Crippen LogP contribution in [-0.2, 0) is 14.3 Å². The van der Waals surface area contributed by atoms with Gasteiger partial charge in [0.25, 0.3) is 0 Å². The fourth-order valence-electron chi connectivity index (χ4n) is 1.86. The first-order chi connectivity index (χ1) is 11.1. The Bertz CT molecular complexity index is 694. The van der Waals surface area contributed by atoms with Gasteiger partial charge in [-0.3, -0.25) is 4.79 Å². The van der Waals surface area contributed by atoms with Gasteiger partial charge in [-0.15, -0.1) is 0 Å². The lowest BCUT2D eigenvalue weighted by atomic mass is 10.3. The number of hydrogen-bond donors (Lipinski definition) is 2. The van der Waals surface area contributed by atoms with Crippen molar-refractivity contribution in [2.75, 3.05) is 13.7 Å². The molecule has 2 N–H and O–H groups in total. The molecule has 1 amide bonds. The number of aliphatic hydroxyl groups excluding tert-OH is 1. The van der Waals surface area contributed by atoms with Crippen molar-refractivity contribution in [2.45, 2.75) is 6.04 Å². The molecule has 23 heavy (non-hydrogen) atoms. The highest BCUT2D eigenvalue weighted by atomic mass is 16.5. The van der Waals surface area contributed by atoms with Gasteiger partial charge >= 0.3 is 5.97 Å². The molecule has 2 aromatic rings. The largest absolute Gasteiger partial charge is 0.467 e. The van der Waals surface area contributed by atoms with E-state index >= 15 is 0 Å². The molecule has 1 heterocycles. The van der Waals surface area contributed by atoms with Gasteiger partial charge in [0, 0.05) is 17.8 Å². The summed E-state index contributed by atoms with van der Waals surface area (Å²) in [4.78, 5) is 23.0. The van der Waals surface area contributed by atoms with Crippen LogP contribution in [0.4, 0.5) is 0 Å². The molecule has 0 fully saturated rings. The number of rotatable bonds is 6. The number of carbonyl (C=O) groups excluding carboxylic acids is 2. The number of nitrogens with one attached hydrogen (secondary N) is 1. The van der Waals surface area contributed by atoms with Crippen LogP contribution >= 0.6 is 0 Å². The number of benzene rings is 1. The van der Waals surface area contributed by atoms with Gasteiger partial charge in [-0.2, -0.15) is 5.10 Å². The molecule has 0 spiro atoms. The van der Waals surface area contributed by atoms with Crippen LogP contribution in [-0.4, -0.2) is 46.5 Å². The van der Waals surface area contributed by atoms with Gasteiger partial charge in [0.05, 0.1) is 25.6 Å². The summed E-state index contributed by atoms with van der Waals surface area (Å²) in [5.41, 5.74) is 1.63. The minimum atomic E-state index is -1.08. The third-order valence-corrected chi connectivity index (χ3v) is 3.04. The summed E-state index contributed by atoms with van der Waals surface area (Å²) >= 11 is 0. The Balaban J connectivity index is 1.99. The lowest BCUT2D eigenvalue weighted by molar-refractivity contribution is -0.145. The molecule has 2 rings (SSSR count). The van der Waals surface area contributed by atoms with Gasteiger partial charge in [-0.05, 0) is 18.2 Å². The third kappa shape index (κ3) is 4.52. The number of methoxy groups -OCH3 is 1. The zero-order valence-corrected chi connectivity index (χ0v) is 12.5. The monoisotopic (exact) mass is 315 g/mol. The van der Waals surface area contributed by atoms with Crippen molar-refractivity contribution in [2.24, 2.45) is 0 Å². The maximum atomic E-state index is 11.7. The first-order valence-electron chi connectivity index (χ1n) is 6.91. The van der Waals surface area contributed by atoms with Crippen molar-refractivity contribution in [3.8, 4) is 5.69 Å². The smallest absolute Gasteiger partial charge is 0.330 e. The van der Waals surface area contributed by atoms with E-state index in [0.717, 1.165) is 11.3 Å². The quantitative estimate of drug-likeness (QED) is 0.599. The van der Waals surface area contributed by atoms with E-state index < -0.39 is 24.5 Å². The normalized spacial score (nSPS) is 12.1. The average Bonchev–Trinajstić information content (AvgIpc) is 3.07. The molecule has 0 aliphatic carbocycles.